The second-order valence-electron chi connectivity index (χ2n) is 8.38. The second-order valence-corrected chi connectivity index (χ2v) is 10.4. The first kappa shape index (κ1) is 22.0. The number of nitrogens with two attached hydrogens (primary N) is 1. The van der Waals surface area contributed by atoms with Crippen LogP contribution in [-0.2, 0) is 16.4 Å². The molecule has 1 heterocycles. The maximum atomic E-state index is 12.6. The minimum Gasteiger partial charge on any atom is -0.382 e. The smallest absolute Gasteiger partial charge is 0.291 e. The minimum absolute atomic E-state index is 0.00635. The molecule has 30 heavy (non-hydrogen) atoms. The number of nitrogens with one attached hydrogen (secondary N) is 3. The van der Waals surface area contributed by atoms with Gasteiger partial charge in [-0.15, -0.1) is 0 Å². The molecule has 0 fully saturated rings. The number of nitrogen functional groups attached to an aromatic ring is 1. The van der Waals surface area contributed by atoms with Crippen LogP contribution in [-0.4, -0.2) is 37.1 Å². The number of H-pyrrole nitrogens is 1. The molecule has 0 radical (unpaired) electrons. The molecule has 1 aromatic carbocycles. The van der Waals surface area contributed by atoms with Gasteiger partial charge in [0.05, 0.1) is 5.75 Å². The van der Waals surface area contributed by atoms with E-state index < -0.39 is 10.0 Å². The van der Waals surface area contributed by atoms with Gasteiger partial charge in [0.1, 0.15) is 5.82 Å². The number of aromatic nitrogens is 2. The first-order valence-corrected chi connectivity index (χ1v) is 11.6. The highest BCUT2D eigenvalue weighted by Crippen LogP contribution is 2.40. The number of sulfonamides is 1. The molecule has 5 N–H and O–H groups in total. The Bertz CT molecular complexity index is 1070. The lowest BCUT2D eigenvalue weighted by Gasteiger charge is -2.29. The molecule has 3 rings (SSSR count). The van der Waals surface area contributed by atoms with E-state index in [2.05, 4.69) is 39.9 Å². The van der Waals surface area contributed by atoms with Crippen molar-refractivity contribution >= 4 is 33.0 Å². The van der Waals surface area contributed by atoms with Crippen LogP contribution in [0.5, 0.6) is 0 Å². The summed E-state index contributed by atoms with van der Waals surface area (Å²) >= 11 is 0. The van der Waals surface area contributed by atoms with Gasteiger partial charge < -0.3 is 16.0 Å². The van der Waals surface area contributed by atoms with E-state index in [1.807, 2.05) is 18.2 Å². The molecule has 0 atom stereocenters. The molecule has 0 saturated heterocycles. The number of aromatic amines is 1. The van der Waals surface area contributed by atoms with Crippen LogP contribution in [0, 0.1) is 5.41 Å². The second kappa shape index (κ2) is 8.61. The molecule has 1 aliphatic carbocycles. The van der Waals surface area contributed by atoms with Gasteiger partial charge in [0, 0.05) is 17.4 Å². The molecule has 0 unspecified atom stereocenters. The normalized spacial score (nSPS) is 16.2. The number of hydrogen-bond donors (Lipinski definition) is 4. The van der Waals surface area contributed by atoms with Gasteiger partial charge in [0.15, 0.2) is 5.82 Å². The molecule has 1 aromatic heterocycles. The van der Waals surface area contributed by atoms with E-state index in [-0.39, 0.29) is 28.7 Å². The standard InChI is InChI=1S/C21H29N5O3S/c1-21(2)9-6-15(7-10-21)16-12-14(8-11-30(28,29)23-3)4-5-17(16)25-20(27)19-24-13-18(22)26-19/h4-6,12-13,23H,7-11,22H2,1-3H3,(H,24,26)(H,25,27). The van der Waals surface area contributed by atoms with Gasteiger partial charge in [-0.3, -0.25) is 4.79 Å². The fourth-order valence-corrected chi connectivity index (χ4v) is 4.14. The lowest BCUT2D eigenvalue weighted by Crippen LogP contribution is -2.23. The Labute approximate surface area is 177 Å². The van der Waals surface area contributed by atoms with Crippen LogP contribution in [0.2, 0.25) is 0 Å². The lowest BCUT2D eigenvalue weighted by atomic mass is 9.76. The summed E-state index contributed by atoms with van der Waals surface area (Å²) in [7, 11) is -1.88. The van der Waals surface area contributed by atoms with Gasteiger partial charge in [-0.05, 0) is 61.4 Å². The topological polar surface area (TPSA) is 130 Å². The van der Waals surface area contributed by atoms with Crippen molar-refractivity contribution in [2.45, 2.75) is 39.5 Å². The number of amides is 1. The van der Waals surface area contributed by atoms with E-state index in [1.54, 1.807) is 0 Å². The summed E-state index contributed by atoms with van der Waals surface area (Å²) in [5.41, 5.74) is 9.48. The van der Waals surface area contributed by atoms with Gasteiger partial charge in [0.2, 0.25) is 10.0 Å². The van der Waals surface area contributed by atoms with Crippen molar-refractivity contribution in [1.82, 2.24) is 14.7 Å². The highest BCUT2D eigenvalue weighted by molar-refractivity contribution is 7.89. The van der Waals surface area contributed by atoms with Crippen LogP contribution in [0.4, 0.5) is 11.5 Å². The zero-order valence-electron chi connectivity index (χ0n) is 17.6. The molecule has 8 nitrogen and oxygen atoms in total. The Morgan fingerprint density at radius 3 is 2.70 bits per heavy atom. The van der Waals surface area contributed by atoms with E-state index in [1.165, 1.54) is 13.2 Å². The van der Waals surface area contributed by atoms with Crippen molar-refractivity contribution in [3.63, 3.8) is 0 Å². The number of benzene rings is 1. The van der Waals surface area contributed by atoms with Crippen molar-refractivity contribution < 1.29 is 13.2 Å². The summed E-state index contributed by atoms with van der Waals surface area (Å²) in [5, 5.41) is 2.91. The number of aryl methyl sites for hydroxylation is 1. The number of allylic oxidation sites excluding steroid dienone is 2. The molecule has 1 aliphatic rings. The maximum Gasteiger partial charge on any atom is 0.291 e. The van der Waals surface area contributed by atoms with Gasteiger partial charge in [-0.1, -0.05) is 26.0 Å². The number of anilines is 2. The number of rotatable bonds is 7. The van der Waals surface area contributed by atoms with Crippen LogP contribution in [0.1, 0.15) is 54.9 Å². The van der Waals surface area contributed by atoms with Crippen LogP contribution >= 0.6 is 0 Å². The third-order valence-corrected chi connectivity index (χ3v) is 6.80. The summed E-state index contributed by atoms with van der Waals surface area (Å²) in [6, 6.07) is 5.64. The fourth-order valence-electron chi connectivity index (χ4n) is 3.43. The SMILES string of the molecule is CNS(=O)(=O)CCc1ccc(NC(=O)c2nc(N)c[nH]2)c(C2=CCC(C)(C)CC2)c1. The molecular weight excluding hydrogens is 402 g/mol. The van der Waals surface area contributed by atoms with Crippen LogP contribution in [0.15, 0.2) is 30.5 Å². The quantitative estimate of drug-likeness (QED) is 0.535. The number of carbonyl (C=O) groups excluding carboxylic acids is 1. The third-order valence-electron chi connectivity index (χ3n) is 5.43. The van der Waals surface area contributed by atoms with Crippen molar-refractivity contribution in [3.8, 4) is 0 Å². The zero-order valence-corrected chi connectivity index (χ0v) is 18.4. The van der Waals surface area contributed by atoms with E-state index in [4.69, 9.17) is 5.73 Å². The summed E-state index contributed by atoms with van der Waals surface area (Å²) in [6.45, 7) is 4.48. The molecule has 0 bridgehead atoms. The fraction of sp³-hybridized carbons (Fsp3) is 0.429. The lowest BCUT2D eigenvalue weighted by molar-refractivity contribution is 0.101. The van der Waals surface area contributed by atoms with Crippen LogP contribution in [0.3, 0.4) is 0 Å². The summed E-state index contributed by atoms with van der Waals surface area (Å²) in [4.78, 5) is 19.3. The Hall–Kier alpha value is -2.65. The van der Waals surface area contributed by atoms with Crippen molar-refractivity contribution in [3.05, 3.63) is 47.4 Å². The average molecular weight is 432 g/mol. The van der Waals surface area contributed by atoms with E-state index in [0.29, 0.717) is 12.1 Å². The first-order valence-electron chi connectivity index (χ1n) is 9.94. The largest absolute Gasteiger partial charge is 0.382 e. The number of hydrogen-bond acceptors (Lipinski definition) is 5. The predicted octanol–water partition coefficient (Wildman–Crippen LogP) is 2.93. The highest BCUT2D eigenvalue weighted by atomic mass is 32.2. The Balaban J connectivity index is 1.90. The van der Waals surface area contributed by atoms with Crippen LogP contribution < -0.4 is 15.8 Å². The predicted molar refractivity (Wildman–Crippen MR) is 120 cm³/mol. The third kappa shape index (κ3) is 5.48. The van der Waals surface area contributed by atoms with Gasteiger partial charge in [-0.25, -0.2) is 18.1 Å². The minimum atomic E-state index is -3.29. The Morgan fingerprint density at radius 1 is 1.33 bits per heavy atom. The highest BCUT2D eigenvalue weighted by Gasteiger charge is 2.24. The summed E-state index contributed by atoms with van der Waals surface area (Å²) in [5.74, 6) is 0.0159. The molecule has 0 aliphatic heterocycles. The molecule has 0 spiro atoms. The Morgan fingerprint density at radius 2 is 2.10 bits per heavy atom. The zero-order chi connectivity index (χ0) is 21.9. The molecule has 1 amide bonds. The molecule has 162 valence electrons. The molecule has 0 saturated carbocycles. The molecular formula is C21H29N5O3S. The molecule has 9 heteroatoms. The van der Waals surface area contributed by atoms with Gasteiger partial charge >= 0.3 is 0 Å². The summed E-state index contributed by atoms with van der Waals surface area (Å²) < 4.78 is 25.9. The maximum absolute atomic E-state index is 12.6. The van der Waals surface area contributed by atoms with Gasteiger partial charge in [-0.2, -0.15) is 0 Å². The molecule has 2 aromatic rings. The van der Waals surface area contributed by atoms with Crippen molar-refractivity contribution in [2.24, 2.45) is 5.41 Å². The number of nitrogens with zero attached hydrogens (tertiary/aromatic N) is 1. The van der Waals surface area contributed by atoms with Crippen molar-refractivity contribution in [2.75, 3.05) is 23.9 Å². The number of imidazole rings is 1. The monoisotopic (exact) mass is 431 g/mol. The van der Waals surface area contributed by atoms with Gasteiger partial charge in [0.25, 0.3) is 5.91 Å². The average Bonchev–Trinajstić information content (AvgIpc) is 3.14. The van der Waals surface area contributed by atoms with Crippen LogP contribution in [0.25, 0.3) is 5.57 Å². The summed E-state index contributed by atoms with van der Waals surface area (Å²) in [6.07, 6.45) is 6.95. The van der Waals surface area contributed by atoms with Crippen molar-refractivity contribution in [1.29, 1.82) is 0 Å². The van der Waals surface area contributed by atoms with E-state index in [9.17, 15) is 13.2 Å². The first-order chi connectivity index (χ1) is 14.1. The Kier molecular flexibility index (Phi) is 6.33. The van der Waals surface area contributed by atoms with E-state index in [0.717, 1.165) is 36.0 Å². The number of carbonyl (C=O) groups is 1. The van der Waals surface area contributed by atoms with E-state index >= 15 is 0 Å².